The van der Waals surface area contributed by atoms with Gasteiger partial charge in [0, 0.05) is 54.0 Å². The topological polar surface area (TPSA) is 136 Å². The molecule has 0 atom stereocenters. The monoisotopic (exact) mass is 636 g/mol. The molecule has 1 spiro atoms. The van der Waals surface area contributed by atoms with Crippen molar-refractivity contribution < 1.29 is 27.8 Å². The number of nitrogens with one attached hydrogen (secondary N) is 1. The number of benzene rings is 1. The van der Waals surface area contributed by atoms with Crippen LogP contribution in [0.2, 0.25) is 0 Å². The van der Waals surface area contributed by atoms with Gasteiger partial charge in [0.2, 0.25) is 0 Å². The first-order chi connectivity index (χ1) is 21.7. The van der Waals surface area contributed by atoms with E-state index in [4.69, 9.17) is 26.5 Å². The van der Waals surface area contributed by atoms with Crippen LogP contribution in [0.5, 0.6) is 5.75 Å². The number of nitrogens with zero attached hydrogens (tertiary/aromatic N) is 4. The SMILES string of the molecule is C=O.CN.COc1cnc(C)cc1-c1cc(N2CCOC3(CC3)C2=O)ccc1C=Nc1ncc(C#CC2CC(F)(F)C2)[nH]c1=S. The highest BCUT2D eigenvalue weighted by molar-refractivity contribution is 7.71. The highest BCUT2D eigenvalue weighted by Gasteiger charge is 2.55. The molecular weight excluding hydrogens is 602 g/mol. The Morgan fingerprint density at radius 3 is 2.58 bits per heavy atom. The number of aryl methyl sites for hydroxylation is 1. The van der Waals surface area contributed by atoms with Gasteiger partial charge in [0.25, 0.3) is 11.8 Å². The van der Waals surface area contributed by atoms with Gasteiger partial charge in [-0.05, 0) is 56.5 Å². The molecule has 1 amide bonds. The van der Waals surface area contributed by atoms with E-state index in [0.29, 0.717) is 24.6 Å². The number of morpholine rings is 1. The number of nitrogens with two attached hydrogens (primary N) is 1. The first-order valence-electron chi connectivity index (χ1n) is 14.2. The summed E-state index contributed by atoms with van der Waals surface area (Å²) >= 11 is 5.44. The molecule has 3 N–H and O–H groups in total. The number of carbonyl (C=O) groups is 2. The highest BCUT2D eigenvalue weighted by Crippen LogP contribution is 2.45. The molecule has 6 rings (SSSR count). The number of H-pyrrole nitrogens is 1. The van der Waals surface area contributed by atoms with Crippen molar-refractivity contribution in [1.82, 2.24) is 15.0 Å². The predicted octanol–water partition coefficient (Wildman–Crippen LogP) is 4.95. The van der Waals surface area contributed by atoms with Gasteiger partial charge in [-0.1, -0.05) is 24.2 Å². The fourth-order valence-electron chi connectivity index (χ4n) is 5.06. The van der Waals surface area contributed by atoms with E-state index in [9.17, 15) is 13.6 Å². The number of halogens is 2. The number of amides is 1. The van der Waals surface area contributed by atoms with Crippen molar-refractivity contribution in [3.63, 3.8) is 0 Å². The Morgan fingerprint density at radius 2 is 1.93 bits per heavy atom. The number of aromatic amines is 1. The number of aliphatic imine (C=N–C) groups is 1. The van der Waals surface area contributed by atoms with E-state index >= 15 is 0 Å². The van der Waals surface area contributed by atoms with Crippen LogP contribution in [0.25, 0.3) is 11.1 Å². The summed E-state index contributed by atoms with van der Waals surface area (Å²) in [7, 11) is 3.08. The Bertz CT molecular complexity index is 1710. The van der Waals surface area contributed by atoms with Crippen molar-refractivity contribution in [2.24, 2.45) is 16.6 Å². The highest BCUT2D eigenvalue weighted by atomic mass is 32.1. The molecule has 1 aromatic carbocycles. The van der Waals surface area contributed by atoms with Gasteiger partial charge in [-0.3, -0.25) is 9.78 Å². The Kier molecular flexibility index (Phi) is 10.5. The summed E-state index contributed by atoms with van der Waals surface area (Å²) in [4.78, 5) is 39.2. The molecule has 2 aromatic heterocycles. The largest absolute Gasteiger partial charge is 0.494 e. The van der Waals surface area contributed by atoms with Crippen LogP contribution >= 0.6 is 12.2 Å². The van der Waals surface area contributed by atoms with Gasteiger partial charge in [-0.2, -0.15) is 0 Å². The van der Waals surface area contributed by atoms with E-state index in [2.05, 4.69) is 37.5 Å². The Balaban J connectivity index is 0.00000111. The van der Waals surface area contributed by atoms with Gasteiger partial charge in [0.15, 0.2) is 5.82 Å². The number of anilines is 1. The zero-order chi connectivity index (χ0) is 32.8. The molecule has 1 aliphatic heterocycles. The van der Waals surface area contributed by atoms with Crippen LogP contribution in [-0.4, -0.2) is 72.7 Å². The zero-order valence-electron chi connectivity index (χ0n) is 25.2. The van der Waals surface area contributed by atoms with E-state index in [0.717, 1.165) is 40.9 Å². The number of hydrogen-bond acceptors (Lipinski definition) is 9. The number of methoxy groups -OCH3 is 1. The van der Waals surface area contributed by atoms with Gasteiger partial charge in [0.1, 0.15) is 28.5 Å². The Morgan fingerprint density at radius 1 is 1.20 bits per heavy atom. The maximum Gasteiger partial charge on any atom is 0.259 e. The van der Waals surface area contributed by atoms with Gasteiger partial charge >= 0.3 is 0 Å². The Labute approximate surface area is 265 Å². The van der Waals surface area contributed by atoms with Gasteiger partial charge in [0.05, 0.1) is 26.1 Å². The summed E-state index contributed by atoms with van der Waals surface area (Å²) in [5, 5.41) is 0. The maximum absolute atomic E-state index is 13.2. The third-order valence-corrected chi connectivity index (χ3v) is 7.77. The second kappa shape index (κ2) is 14.2. The molecule has 0 bridgehead atoms. The predicted molar refractivity (Wildman–Crippen MR) is 170 cm³/mol. The quantitative estimate of drug-likeness (QED) is 0.228. The Hall–Kier alpha value is -4.38. The number of rotatable bonds is 5. The average molecular weight is 637 g/mol. The van der Waals surface area contributed by atoms with Crippen LogP contribution in [0.1, 0.15) is 42.6 Å². The van der Waals surface area contributed by atoms with Crippen LogP contribution in [-0.2, 0) is 14.3 Å². The summed E-state index contributed by atoms with van der Waals surface area (Å²) in [5.41, 5.74) is 8.18. The number of aromatic nitrogens is 3. The minimum Gasteiger partial charge on any atom is -0.494 e. The third-order valence-electron chi connectivity index (χ3n) is 7.49. The summed E-state index contributed by atoms with van der Waals surface area (Å²) in [6, 6.07) is 7.66. The molecule has 3 aliphatic rings. The molecule has 13 heteroatoms. The lowest BCUT2D eigenvalue weighted by atomic mass is 9.82. The molecule has 3 aromatic rings. The van der Waals surface area contributed by atoms with Crippen molar-refractivity contribution in [2.45, 2.75) is 44.1 Å². The number of carbonyl (C=O) groups excluding carboxylic acids is 2. The number of ether oxygens (including phenoxy) is 2. The van der Waals surface area contributed by atoms with E-state index < -0.39 is 11.5 Å². The summed E-state index contributed by atoms with van der Waals surface area (Å²) in [6.45, 7) is 4.85. The van der Waals surface area contributed by atoms with Crippen LogP contribution in [0.15, 0.2) is 41.7 Å². The van der Waals surface area contributed by atoms with E-state index in [1.54, 1.807) is 24.4 Å². The van der Waals surface area contributed by atoms with Crippen LogP contribution in [0.3, 0.4) is 0 Å². The van der Waals surface area contributed by atoms with Crippen molar-refractivity contribution in [2.75, 3.05) is 32.2 Å². The number of hydrogen-bond donors (Lipinski definition) is 2. The molecule has 236 valence electrons. The fraction of sp³-hybridized carbons (Fsp3) is 0.375. The lowest BCUT2D eigenvalue weighted by molar-refractivity contribution is -0.137. The lowest BCUT2D eigenvalue weighted by Crippen LogP contribution is -2.49. The molecule has 0 unspecified atom stereocenters. The van der Waals surface area contributed by atoms with Crippen LogP contribution in [0.4, 0.5) is 20.3 Å². The molecule has 1 saturated heterocycles. The number of alkyl halides is 2. The normalized spacial score (nSPS) is 17.6. The third kappa shape index (κ3) is 7.47. The second-order valence-electron chi connectivity index (χ2n) is 10.5. The maximum atomic E-state index is 13.2. The lowest BCUT2D eigenvalue weighted by Gasteiger charge is -2.33. The van der Waals surface area contributed by atoms with Crippen molar-refractivity contribution in [1.29, 1.82) is 0 Å². The van der Waals surface area contributed by atoms with Gasteiger partial charge in [-0.15, -0.1) is 0 Å². The molecule has 2 aliphatic carbocycles. The molecule has 3 fully saturated rings. The van der Waals surface area contributed by atoms with Crippen molar-refractivity contribution in [3.8, 4) is 28.7 Å². The fourth-order valence-corrected chi connectivity index (χ4v) is 5.28. The van der Waals surface area contributed by atoms with Gasteiger partial charge in [-0.25, -0.2) is 18.8 Å². The zero-order valence-corrected chi connectivity index (χ0v) is 26.0. The van der Waals surface area contributed by atoms with E-state index in [1.807, 2.05) is 38.0 Å². The average Bonchev–Trinajstić information content (AvgIpc) is 3.82. The summed E-state index contributed by atoms with van der Waals surface area (Å²) in [6.07, 6.45) is 5.85. The first-order valence-corrected chi connectivity index (χ1v) is 14.6. The second-order valence-corrected chi connectivity index (χ2v) is 10.9. The van der Waals surface area contributed by atoms with Gasteiger partial charge < -0.3 is 29.9 Å². The number of pyridine rings is 1. The molecule has 2 saturated carbocycles. The van der Waals surface area contributed by atoms with Crippen LogP contribution in [0, 0.1) is 29.3 Å². The first kappa shape index (κ1) is 33.5. The summed E-state index contributed by atoms with van der Waals surface area (Å²) in [5.74, 6) is 3.59. The molecular formula is C32H34F2N6O4S. The smallest absolute Gasteiger partial charge is 0.259 e. The minimum atomic E-state index is -2.61. The van der Waals surface area contributed by atoms with E-state index in [1.165, 1.54) is 13.2 Å². The molecule has 45 heavy (non-hydrogen) atoms. The van der Waals surface area contributed by atoms with Crippen molar-refractivity contribution >= 4 is 42.6 Å². The standard InChI is InChI=1S/C30H27F2N5O3S.CH5N.CH2O/c1-18-11-24(25(39-2)17-33-18)23-12-22(37-9-10-40-29(7-8-29)28(37)38)6-4-20(23)15-34-26-27(41)36-21(16-35-26)5-3-19-13-30(31,32)14-19;2*1-2/h4,6,11-12,15-17,19H,7-10,13-14H2,1-2H3,(H,36,41);2H2,1H3;1H2. The van der Waals surface area contributed by atoms with E-state index in [-0.39, 0.29) is 35.1 Å². The van der Waals surface area contributed by atoms with Crippen molar-refractivity contribution in [3.05, 3.63) is 58.3 Å². The summed E-state index contributed by atoms with van der Waals surface area (Å²) < 4.78 is 37.8. The molecule has 3 heterocycles. The van der Waals surface area contributed by atoms with Crippen LogP contribution < -0.4 is 15.4 Å². The molecule has 0 radical (unpaired) electrons. The molecule has 10 nitrogen and oxygen atoms in total. The minimum absolute atomic E-state index is 0.0151.